The monoisotopic (exact) mass is 351 g/mol. The Kier molecular flexibility index (Phi) is 4.68. The van der Waals surface area contributed by atoms with Gasteiger partial charge in [-0.15, -0.1) is 0 Å². The van der Waals surface area contributed by atoms with Crippen molar-refractivity contribution in [3.8, 4) is 0 Å². The molecule has 2 unspecified atom stereocenters. The van der Waals surface area contributed by atoms with Crippen LogP contribution in [0.3, 0.4) is 0 Å². The van der Waals surface area contributed by atoms with Crippen molar-refractivity contribution < 1.29 is 13.2 Å². The van der Waals surface area contributed by atoms with Crippen LogP contribution in [-0.2, 0) is 14.8 Å². The first-order valence-electron chi connectivity index (χ1n) is 8.45. The highest BCUT2D eigenvalue weighted by atomic mass is 32.2. The lowest BCUT2D eigenvalue weighted by atomic mass is 9.65. The van der Waals surface area contributed by atoms with E-state index in [2.05, 4.69) is 5.32 Å². The second-order valence-electron chi connectivity index (χ2n) is 7.21. The first kappa shape index (κ1) is 17.4. The zero-order valence-corrected chi connectivity index (χ0v) is 14.7. The number of nitrogens with two attached hydrogens (primary N) is 2. The van der Waals surface area contributed by atoms with Crippen LogP contribution in [0.25, 0.3) is 0 Å². The van der Waals surface area contributed by atoms with Crippen molar-refractivity contribution in [2.45, 2.75) is 50.0 Å². The van der Waals surface area contributed by atoms with Crippen molar-refractivity contribution in [3.05, 3.63) is 23.8 Å². The molecule has 24 heavy (non-hydrogen) atoms. The highest BCUT2D eigenvalue weighted by Gasteiger charge is 2.40. The van der Waals surface area contributed by atoms with E-state index in [1.165, 1.54) is 12.5 Å². The second-order valence-corrected chi connectivity index (χ2v) is 8.74. The summed E-state index contributed by atoms with van der Waals surface area (Å²) in [6.45, 7) is 1.68. The number of hydrogen-bond donors (Lipinski definition) is 3. The molecular weight excluding hydrogens is 326 g/mol. The maximum absolute atomic E-state index is 12.6. The summed E-state index contributed by atoms with van der Waals surface area (Å²) in [6, 6.07) is 5.01. The highest BCUT2D eigenvalue weighted by molar-refractivity contribution is 7.89. The van der Waals surface area contributed by atoms with Gasteiger partial charge in [0.15, 0.2) is 0 Å². The summed E-state index contributed by atoms with van der Waals surface area (Å²) in [5, 5.41) is 8.08. The van der Waals surface area contributed by atoms with Crippen LogP contribution in [0.5, 0.6) is 0 Å². The minimum absolute atomic E-state index is 0.0443. The van der Waals surface area contributed by atoms with Gasteiger partial charge in [-0.2, -0.15) is 0 Å². The zero-order chi connectivity index (χ0) is 17.5. The molecular formula is C17H25N3O3S. The quantitative estimate of drug-likeness (QED) is 0.769. The Balaban J connectivity index is 1.74. The maximum Gasteiger partial charge on any atom is 0.238 e. The molecule has 0 heterocycles. The first-order valence-corrected chi connectivity index (χ1v) is 10.00. The van der Waals surface area contributed by atoms with Gasteiger partial charge < -0.3 is 11.1 Å². The van der Waals surface area contributed by atoms with Crippen molar-refractivity contribution >= 4 is 21.6 Å². The van der Waals surface area contributed by atoms with E-state index >= 15 is 0 Å². The van der Waals surface area contributed by atoms with E-state index in [9.17, 15) is 13.2 Å². The molecule has 2 bridgehead atoms. The third kappa shape index (κ3) is 3.48. The smallest absolute Gasteiger partial charge is 0.238 e. The molecule has 2 aliphatic rings. The molecule has 1 aromatic carbocycles. The number of primary sulfonamides is 1. The third-order valence-corrected chi connectivity index (χ3v) is 6.60. The summed E-state index contributed by atoms with van der Waals surface area (Å²) >= 11 is 0. The number of aryl methyl sites for hydroxylation is 1. The van der Waals surface area contributed by atoms with Crippen molar-refractivity contribution in [2.24, 2.45) is 28.6 Å². The van der Waals surface area contributed by atoms with Gasteiger partial charge in [-0.1, -0.05) is 12.5 Å². The number of fused-ring (bicyclic) bond motifs is 2. The molecule has 6 nitrogen and oxygen atoms in total. The van der Waals surface area contributed by atoms with Gasteiger partial charge >= 0.3 is 0 Å². The molecule has 0 aromatic heterocycles. The molecule has 7 heteroatoms. The van der Waals surface area contributed by atoms with E-state index in [0.29, 0.717) is 23.1 Å². The molecule has 2 aliphatic carbocycles. The van der Waals surface area contributed by atoms with Crippen LogP contribution >= 0.6 is 0 Å². The summed E-state index contributed by atoms with van der Waals surface area (Å²) in [5.74, 6) is 0.736. The Bertz CT molecular complexity index is 733. The standard InChI is InChI=1S/C17H25N3O3S/c1-10-5-6-14(9-15(10)24(19,22)23)20-17(21)13-7-11-3-2-4-12(8-13)16(11)18/h5-6,9,11-13,16H,2-4,7-8,18H2,1H3,(H,20,21)(H2,19,22,23). The fraction of sp³-hybridized carbons (Fsp3) is 0.588. The van der Waals surface area contributed by atoms with Crippen LogP contribution in [0, 0.1) is 24.7 Å². The van der Waals surface area contributed by atoms with Gasteiger partial charge in [0.05, 0.1) is 4.90 Å². The SMILES string of the molecule is Cc1ccc(NC(=O)C2CC3CCCC(C2)C3N)cc1S(N)(=O)=O. The number of nitrogens with one attached hydrogen (secondary N) is 1. The van der Waals surface area contributed by atoms with Crippen LogP contribution in [-0.4, -0.2) is 20.4 Å². The summed E-state index contributed by atoms with van der Waals surface area (Å²) in [7, 11) is -3.80. The number of sulfonamides is 1. The number of carbonyl (C=O) groups is 1. The fourth-order valence-electron chi connectivity index (χ4n) is 4.23. The average Bonchev–Trinajstić information content (AvgIpc) is 2.47. The molecule has 0 radical (unpaired) electrons. The lowest BCUT2D eigenvalue weighted by Crippen LogP contribution is -2.48. The normalized spacial score (nSPS) is 30.0. The lowest BCUT2D eigenvalue weighted by Gasteiger charge is -2.43. The molecule has 0 saturated heterocycles. The van der Waals surface area contributed by atoms with Crippen molar-refractivity contribution in [3.63, 3.8) is 0 Å². The molecule has 1 amide bonds. The summed E-state index contributed by atoms with van der Waals surface area (Å²) in [4.78, 5) is 12.7. The van der Waals surface area contributed by atoms with Crippen LogP contribution in [0.15, 0.2) is 23.1 Å². The Morgan fingerprint density at radius 2 is 1.83 bits per heavy atom. The lowest BCUT2D eigenvalue weighted by molar-refractivity contribution is -0.122. The van der Waals surface area contributed by atoms with Crippen LogP contribution in [0.4, 0.5) is 5.69 Å². The fourth-order valence-corrected chi connectivity index (χ4v) is 5.04. The van der Waals surface area contributed by atoms with Gasteiger partial charge in [-0.25, -0.2) is 13.6 Å². The van der Waals surface area contributed by atoms with Crippen LogP contribution < -0.4 is 16.2 Å². The molecule has 5 N–H and O–H groups in total. The zero-order valence-electron chi connectivity index (χ0n) is 13.9. The summed E-state index contributed by atoms with van der Waals surface area (Å²) < 4.78 is 23.2. The molecule has 2 saturated carbocycles. The predicted octanol–water partition coefficient (Wildman–Crippen LogP) is 1.73. The van der Waals surface area contributed by atoms with Gasteiger partial charge in [0.25, 0.3) is 0 Å². The Labute approximate surface area is 143 Å². The average molecular weight is 351 g/mol. The Morgan fingerprint density at radius 3 is 2.42 bits per heavy atom. The van der Waals surface area contributed by atoms with Crippen molar-refractivity contribution in [2.75, 3.05) is 5.32 Å². The number of hydrogen-bond acceptors (Lipinski definition) is 4. The minimum atomic E-state index is -3.80. The molecule has 2 fully saturated rings. The van der Waals surface area contributed by atoms with Crippen molar-refractivity contribution in [1.82, 2.24) is 0 Å². The summed E-state index contributed by atoms with van der Waals surface area (Å²) in [6.07, 6.45) is 5.03. The minimum Gasteiger partial charge on any atom is -0.327 e. The largest absolute Gasteiger partial charge is 0.327 e. The van der Waals surface area contributed by atoms with Crippen molar-refractivity contribution in [1.29, 1.82) is 0 Å². The van der Waals surface area contributed by atoms with Gasteiger partial charge in [-0.05, 0) is 62.1 Å². The summed E-state index contributed by atoms with van der Waals surface area (Å²) in [5.41, 5.74) is 7.30. The molecule has 132 valence electrons. The molecule has 2 atom stereocenters. The van der Waals surface area contributed by atoms with E-state index in [-0.39, 0.29) is 22.8 Å². The maximum atomic E-state index is 12.6. The number of amides is 1. The Hall–Kier alpha value is -1.44. The number of rotatable bonds is 3. The van der Waals surface area contributed by atoms with Gasteiger partial charge in [0.1, 0.15) is 0 Å². The van der Waals surface area contributed by atoms with Gasteiger partial charge in [0, 0.05) is 17.6 Å². The highest BCUT2D eigenvalue weighted by Crippen LogP contribution is 2.42. The molecule has 1 aromatic rings. The third-order valence-electron chi connectivity index (χ3n) is 5.55. The molecule has 3 rings (SSSR count). The second kappa shape index (κ2) is 6.46. The number of anilines is 1. The predicted molar refractivity (Wildman–Crippen MR) is 92.7 cm³/mol. The number of benzene rings is 1. The molecule has 0 aliphatic heterocycles. The van der Waals surface area contributed by atoms with E-state index in [4.69, 9.17) is 10.9 Å². The van der Waals surface area contributed by atoms with Gasteiger partial charge in [-0.3, -0.25) is 4.79 Å². The van der Waals surface area contributed by atoms with E-state index in [1.54, 1.807) is 19.1 Å². The number of carbonyl (C=O) groups excluding carboxylic acids is 1. The first-order chi connectivity index (χ1) is 11.3. The van der Waals surface area contributed by atoms with E-state index in [0.717, 1.165) is 25.7 Å². The van der Waals surface area contributed by atoms with E-state index in [1.807, 2.05) is 0 Å². The Morgan fingerprint density at radius 1 is 1.21 bits per heavy atom. The van der Waals surface area contributed by atoms with Gasteiger partial charge in [0.2, 0.25) is 15.9 Å². The topological polar surface area (TPSA) is 115 Å². The molecule has 0 spiro atoms. The van der Waals surface area contributed by atoms with Crippen LogP contribution in [0.2, 0.25) is 0 Å². The van der Waals surface area contributed by atoms with Crippen LogP contribution in [0.1, 0.15) is 37.7 Å². The van der Waals surface area contributed by atoms with E-state index < -0.39 is 10.0 Å².